The zero-order valence-electron chi connectivity index (χ0n) is 12.1. The molecule has 4 nitrogen and oxygen atoms in total. The average Bonchev–Trinajstić information content (AvgIpc) is 3.16. The summed E-state index contributed by atoms with van der Waals surface area (Å²) in [5.41, 5.74) is 1.28. The third kappa shape index (κ3) is 3.83. The summed E-state index contributed by atoms with van der Waals surface area (Å²) >= 11 is 0. The molecular formula is C16H22N2O2. The van der Waals surface area contributed by atoms with Gasteiger partial charge in [-0.1, -0.05) is 26.3 Å². The van der Waals surface area contributed by atoms with Crippen LogP contribution < -0.4 is 10.6 Å². The van der Waals surface area contributed by atoms with Crippen molar-refractivity contribution in [3.05, 3.63) is 29.8 Å². The van der Waals surface area contributed by atoms with Crippen molar-refractivity contribution in [3.63, 3.8) is 0 Å². The number of rotatable bonds is 6. The molecule has 0 bridgehead atoms. The molecule has 2 unspecified atom stereocenters. The number of unbranched alkanes of at least 4 members (excludes halogenated alkanes) is 1. The summed E-state index contributed by atoms with van der Waals surface area (Å²) < 4.78 is 0. The molecule has 4 heteroatoms. The first-order chi connectivity index (χ1) is 9.61. The molecule has 1 saturated carbocycles. The number of amides is 2. The van der Waals surface area contributed by atoms with Crippen LogP contribution in [0.4, 0.5) is 5.69 Å². The second kappa shape index (κ2) is 6.55. The molecule has 1 aliphatic rings. The van der Waals surface area contributed by atoms with Gasteiger partial charge in [0.05, 0.1) is 0 Å². The van der Waals surface area contributed by atoms with Gasteiger partial charge in [-0.15, -0.1) is 0 Å². The van der Waals surface area contributed by atoms with Crippen LogP contribution in [-0.4, -0.2) is 18.4 Å². The molecule has 1 aromatic carbocycles. The Balaban J connectivity index is 1.93. The highest BCUT2D eigenvalue weighted by Crippen LogP contribution is 2.38. The van der Waals surface area contributed by atoms with Crippen LogP contribution in [-0.2, 0) is 4.79 Å². The number of nitrogens with one attached hydrogen (secondary N) is 2. The molecule has 2 atom stereocenters. The largest absolute Gasteiger partial charge is 0.352 e. The minimum absolute atomic E-state index is 0.0565. The maximum Gasteiger partial charge on any atom is 0.251 e. The highest BCUT2D eigenvalue weighted by atomic mass is 16.2. The molecule has 20 heavy (non-hydrogen) atoms. The van der Waals surface area contributed by atoms with E-state index in [0.29, 0.717) is 23.7 Å². The molecule has 2 rings (SSSR count). The van der Waals surface area contributed by atoms with E-state index >= 15 is 0 Å². The van der Waals surface area contributed by atoms with Gasteiger partial charge in [-0.25, -0.2) is 0 Å². The van der Waals surface area contributed by atoms with Crippen LogP contribution in [0.2, 0.25) is 0 Å². The minimum atomic E-state index is -0.0886. The fraction of sp³-hybridized carbons (Fsp3) is 0.500. The Morgan fingerprint density at radius 2 is 2.10 bits per heavy atom. The SMILES string of the molecule is CCCCNC(=O)c1cccc(NC(=O)C2CC2C)c1. The Labute approximate surface area is 119 Å². The van der Waals surface area contributed by atoms with Gasteiger partial charge in [-0.2, -0.15) is 0 Å². The van der Waals surface area contributed by atoms with E-state index < -0.39 is 0 Å². The molecule has 0 aromatic heterocycles. The van der Waals surface area contributed by atoms with E-state index in [4.69, 9.17) is 0 Å². The Morgan fingerprint density at radius 3 is 2.75 bits per heavy atom. The molecule has 0 radical (unpaired) electrons. The van der Waals surface area contributed by atoms with Crippen LogP contribution in [0.15, 0.2) is 24.3 Å². The predicted octanol–water partition coefficient (Wildman–Crippen LogP) is 2.81. The lowest BCUT2D eigenvalue weighted by Gasteiger charge is -2.08. The highest BCUT2D eigenvalue weighted by Gasteiger charge is 2.39. The second-order valence-electron chi connectivity index (χ2n) is 5.50. The van der Waals surface area contributed by atoms with Crippen molar-refractivity contribution in [3.8, 4) is 0 Å². The van der Waals surface area contributed by atoms with Crippen molar-refractivity contribution in [2.75, 3.05) is 11.9 Å². The van der Waals surface area contributed by atoms with Gasteiger partial charge in [0.1, 0.15) is 0 Å². The molecular weight excluding hydrogens is 252 g/mol. The summed E-state index contributed by atoms with van der Waals surface area (Å²) in [6.45, 7) is 4.84. The first-order valence-electron chi connectivity index (χ1n) is 7.31. The van der Waals surface area contributed by atoms with Crippen LogP contribution in [0.1, 0.15) is 43.5 Å². The van der Waals surface area contributed by atoms with Crippen molar-refractivity contribution in [2.24, 2.45) is 11.8 Å². The summed E-state index contributed by atoms with van der Waals surface area (Å²) in [4.78, 5) is 23.8. The fourth-order valence-electron chi connectivity index (χ4n) is 2.14. The molecule has 1 fully saturated rings. The molecule has 2 N–H and O–H groups in total. The third-order valence-electron chi connectivity index (χ3n) is 3.65. The number of hydrogen-bond donors (Lipinski definition) is 2. The first kappa shape index (κ1) is 14.6. The number of anilines is 1. The topological polar surface area (TPSA) is 58.2 Å². The smallest absolute Gasteiger partial charge is 0.251 e. The average molecular weight is 274 g/mol. The van der Waals surface area contributed by atoms with Crippen molar-refractivity contribution < 1.29 is 9.59 Å². The van der Waals surface area contributed by atoms with Gasteiger partial charge in [0.25, 0.3) is 5.91 Å². The number of carbonyl (C=O) groups is 2. The summed E-state index contributed by atoms with van der Waals surface area (Å²) in [6, 6.07) is 7.09. The molecule has 2 amide bonds. The maximum absolute atomic E-state index is 11.9. The van der Waals surface area contributed by atoms with E-state index in [2.05, 4.69) is 24.5 Å². The fourth-order valence-corrected chi connectivity index (χ4v) is 2.14. The molecule has 0 saturated heterocycles. The van der Waals surface area contributed by atoms with Gasteiger partial charge in [0, 0.05) is 23.7 Å². The van der Waals surface area contributed by atoms with E-state index in [1.54, 1.807) is 18.2 Å². The normalized spacial score (nSPS) is 20.3. The molecule has 0 heterocycles. The summed E-state index contributed by atoms with van der Waals surface area (Å²) in [5, 5.41) is 5.75. The monoisotopic (exact) mass is 274 g/mol. The van der Waals surface area contributed by atoms with Gasteiger partial charge in [0.2, 0.25) is 5.91 Å². The molecule has 108 valence electrons. The Morgan fingerprint density at radius 1 is 1.35 bits per heavy atom. The van der Waals surface area contributed by atoms with Gasteiger partial charge in [0.15, 0.2) is 0 Å². The lowest BCUT2D eigenvalue weighted by molar-refractivity contribution is -0.117. The van der Waals surface area contributed by atoms with Crippen molar-refractivity contribution in [1.82, 2.24) is 5.32 Å². The van der Waals surface area contributed by atoms with E-state index in [0.717, 1.165) is 19.3 Å². The highest BCUT2D eigenvalue weighted by molar-refractivity contribution is 5.98. The van der Waals surface area contributed by atoms with Crippen molar-refractivity contribution in [1.29, 1.82) is 0 Å². The van der Waals surface area contributed by atoms with Crippen molar-refractivity contribution in [2.45, 2.75) is 33.1 Å². The van der Waals surface area contributed by atoms with Gasteiger partial charge < -0.3 is 10.6 Å². The second-order valence-corrected chi connectivity index (χ2v) is 5.50. The summed E-state index contributed by atoms with van der Waals surface area (Å²) in [5.74, 6) is 0.586. The quantitative estimate of drug-likeness (QED) is 0.784. The Kier molecular flexibility index (Phi) is 4.77. The van der Waals surface area contributed by atoms with E-state index in [9.17, 15) is 9.59 Å². The summed E-state index contributed by atoms with van der Waals surface area (Å²) in [6.07, 6.45) is 2.99. The molecule has 1 aromatic rings. The maximum atomic E-state index is 11.9. The molecule has 0 spiro atoms. The van der Waals surface area contributed by atoms with Gasteiger partial charge in [-0.05, 0) is 37.0 Å². The van der Waals surface area contributed by atoms with E-state index in [-0.39, 0.29) is 17.7 Å². The number of hydrogen-bond acceptors (Lipinski definition) is 2. The molecule has 0 aliphatic heterocycles. The minimum Gasteiger partial charge on any atom is -0.352 e. The number of carbonyl (C=O) groups excluding carboxylic acids is 2. The molecule has 1 aliphatic carbocycles. The van der Waals surface area contributed by atoms with Crippen LogP contribution in [0.5, 0.6) is 0 Å². The van der Waals surface area contributed by atoms with Crippen LogP contribution in [0, 0.1) is 11.8 Å². The Bertz CT molecular complexity index is 499. The Hall–Kier alpha value is -1.84. The van der Waals surface area contributed by atoms with Gasteiger partial charge >= 0.3 is 0 Å². The summed E-state index contributed by atoms with van der Waals surface area (Å²) in [7, 11) is 0. The van der Waals surface area contributed by atoms with Crippen LogP contribution >= 0.6 is 0 Å². The lowest BCUT2D eigenvalue weighted by atomic mass is 10.1. The van der Waals surface area contributed by atoms with Crippen LogP contribution in [0.3, 0.4) is 0 Å². The standard InChI is InChI=1S/C16H22N2O2/c1-3-4-8-17-15(19)12-6-5-7-13(10-12)18-16(20)14-9-11(14)2/h5-7,10-11,14H,3-4,8-9H2,1-2H3,(H,17,19)(H,18,20). The van der Waals surface area contributed by atoms with E-state index in [1.807, 2.05) is 6.07 Å². The van der Waals surface area contributed by atoms with Crippen LogP contribution in [0.25, 0.3) is 0 Å². The van der Waals surface area contributed by atoms with Gasteiger partial charge in [-0.3, -0.25) is 9.59 Å². The zero-order chi connectivity index (χ0) is 14.5. The van der Waals surface area contributed by atoms with Crippen molar-refractivity contribution >= 4 is 17.5 Å². The first-order valence-corrected chi connectivity index (χ1v) is 7.31. The number of benzene rings is 1. The lowest BCUT2D eigenvalue weighted by Crippen LogP contribution is -2.24. The zero-order valence-corrected chi connectivity index (χ0v) is 12.1. The van der Waals surface area contributed by atoms with E-state index in [1.165, 1.54) is 0 Å². The predicted molar refractivity (Wildman–Crippen MR) is 79.6 cm³/mol. The third-order valence-corrected chi connectivity index (χ3v) is 3.65.